The SMILES string of the molecule is Cc1ccc2nc(NCC(=O)c3cccc(S(=O)(=O)N4CCC(C)CC4)c3)sc2c1. The van der Waals surface area contributed by atoms with Gasteiger partial charge in [-0.1, -0.05) is 36.5 Å². The number of rotatable bonds is 6. The lowest BCUT2D eigenvalue weighted by molar-refractivity contribution is 0.101. The Labute approximate surface area is 181 Å². The minimum Gasteiger partial charge on any atom is -0.354 e. The number of aryl methyl sites for hydroxylation is 1. The molecule has 1 aliphatic heterocycles. The van der Waals surface area contributed by atoms with Crippen LogP contribution in [0.25, 0.3) is 10.2 Å². The number of thiazole rings is 1. The number of nitrogens with zero attached hydrogens (tertiary/aromatic N) is 2. The molecule has 0 saturated carbocycles. The Morgan fingerprint density at radius 3 is 2.73 bits per heavy atom. The highest BCUT2D eigenvalue weighted by atomic mass is 32.2. The van der Waals surface area contributed by atoms with E-state index < -0.39 is 10.0 Å². The van der Waals surface area contributed by atoms with Crippen LogP contribution >= 0.6 is 11.3 Å². The van der Waals surface area contributed by atoms with Crippen molar-refractivity contribution in [1.82, 2.24) is 9.29 Å². The molecule has 3 aromatic rings. The molecule has 0 amide bonds. The molecule has 1 aromatic heterocycles. The van der Waals surface area contributed by atoms with Crippen LogP contribution in [0, 0.1) is 12.8 Å². The van der Waals surface area contributed by atoms with Crippen LogP contribution in [0.1, 0.15) is 35.7 Å². The second-order valence-corrected chi connectivity index (χ2v) is 10.8. The summed E-state index contributed by atoms with van der Waals surface area (Å²) in [5.41, 5.74) is 2.44. The number of hydrogen-bond donors (Lipinski definition) is 1. The first kappa shape index (κ1) is 21.0. The molecule has 1 aliphatic rings. The number of benzene rings is 2. The lowest BCUT2D eigenvalue weighted by atomic mass is 10.0. The number of carbonyl (C=O) groups is 1. The summed E-state index contributed by atoms with van der Waals surface area (Å²) in [6, 6.07) is 12.4. The number of piperidine rings is 1. The standard InChI is InChI=1S/C22H25N3O3S2/c1-15-8-10-25(11-9-15)30(27,28)18-5-3-4-17(13-18)20(26)14-23-22-24-19-7-6-16(2)12-21(19)29-22/h3-7,12-13,15H,8-11,14H2,1-2H3,(H,23,24). The van der Waals surface area contributed by atoms with Crippen molar-refractivity contribution in [2.75, 3.05) is 25.0 Å². The number of ketones is 1. The van der Waals surface area contributed by atoms with Gasteiger partial charge in [-0.25, -0.2) is 13.4 Å². The molecule has 6 nitrogen and oxygen atoms in total. The fourth-order valence-corrected chi connectivity index (χ4v) is 6.05. The lowest BCUT2D eigenvalue weighted by Crippen LogP contribution is -2.37. The zero-order valence-electron chi connectivity index (χ0n) is 17.1. The van der Waals surface area contributed by atoms with Gasteiger partial charge in [-0.3, -0.25) is 4.79 Å². The Kier molecular flexibility index (Phi) is 5.90. The molecule has 30 heavy (non-hydrogen) atoms. The molecular formula is C22H25N3O3S2. The van der Waals surface area contributed by atoms with E-state index in [9.17, 15) is 13.2 Å². The van der Waals surface area contributed by atoms with Gasteiger partial charge < -0.3 is 5.32 Å². The highest BCUT2D eigenvalue weighted by Crippen LogP contribution is 2.27. The normalized spacial score (nSPS) is 16.1. The predicted molar refractivity (Wildman–Crippen MR) is 121 cm³/mol. The maximum atomic E-state index is 13.0. The Balaban J connectivity index is 1.46. The third-order valence-corrected chi connectivity index (χ3v) is 8.35. The highest BCUT2D eigenvalue weighted by Gasteiger charge is 2.28. The second kappa shape index (κ2) is 8.45. The average Bonchev–Trinajstić information content (AvgIpc) is 3.14. The van der Waals surface area contributed by atoms with E-state index in [4.69, 9.17) is 0 Å². The van der Waals surface area contributed by atoms with E-state index >= 15 is 0 Å². The van der Waals surface area contributed by atoms with Gasteiger partial charge in [0.1, 0.15) is 0 Å². The minimum atomic E-state index is -3.58. The van der Waals surface area contributed by atoms with E-state index in [-0.39, 0.29) is 17.2 Å². The maximum absolute atomic E-state index is 13.0. The Bertz CT molecular complexity index is 1180. The predicted octanol–water partition coefficient (Wildman–Crippen LogP) is 4.32. The summed E-state index contributed by atoms with van der Waals surface area (Å²) in [6.45, 7) is 5.29. The van der Waals surface area contributed by atoms with Crippen molar-refractivity contribution in [3.8, 4) is 0 Å². The fourth-order valence-electron chi connectivity index (χ4n) is 3.57. The maximum Gasteiger partial charge on any atom is 0.243 e. The summed E-state index contributed by atoms with van der Waals surface area (Å²) in [5.74, 6) is 0.372. The zero-order chi connectivity index (χ0) is 21.3. The van der Waals surface area contributed by atoms with Gasteiger partial charge in [0.25, 0.3) is 0 Å². The molecule has 0 bridgehead atoms. The molecule has 4 rings (SSSR count). The number of Topliss-reactive ketones (excluding diaryl/α,β-unsaturated/α-hetero) is 1. The second-order valence-electron chi connectivity index (χ2n) is 7.88. The van der Waals surface area contributed by atoms with Crippen molar-refractivity contribution in [2.45, 2.75) is 31.6 Å². The molecule has 0 aliphatic carbocycles. The number of anilines is 1. The van der Waals surface area contributed by atoms with Crippen LogP contribution in [0.5, 0.6) is 0 Å². The number of hydrogen-bond acceptors (Lipinski definition) is 6. The van der Waals surface area contributed by atoms with Gasteiger partial charge in [0, 0.05) is 18.7 Å². The van der Waals surface area contributed by atoms with Gasteiger partial charge in [-0.2, -0.15) is 4.31 Å². The van der Waals surface area contributed by atoms with Crippen LogP contribution in [0.3, 0.4) is 0 Å². The monoisotopic (exact) mass is 443 g/mol. The highest BCUT2D eigenvalue weighted by molar-refractivity contribution is 7.89. The van der Waals surface area contributed by atoms with Crippen molar-refractivity contribution in [2.24, 2.45) is 5.92 Å². The molecule has 8 heteroatoms. The molecule has 0 radical (unpaired) electrons. The summed E-state index contributed by atoms with van der Waals surface area (Å²) in [4.78, 5) is 17.4. The molecule has 158 valence electrons. The Morgan fingerprint density at radius 1 is 1.20 bits per heavy atom. The van der Waals surface area contributed by atoms with E-state index in [1.807, 2.05) is 19.1 Å². The third-order valence-electron chi connectivity index (χ3n) is 5.48. The summed E-state index contributed by atoms with van der Waals surface area (Å²) in [7, 11) is -3.58. The van der Waals surface area contributed by atoms with Crippen LogP contribution in [-0.4, -0.2) is 43.1 Å². The Hall–Kier alpha value is -2.29. The van der Waals surface area contributed by atoms with Crippen molar-refractivity contribution in [3.05, 3.63) is 53.6 Å². The number of fused-ring (bicyclic) bond motifs is 1. The molecule has 1 saturated heterocycles. The topological polar surface area (TPSA) is 79.4 Å². The number of carbonyl (C=O) groups excluding carboxylic acids is 1. The molecule has 0 unspecified atom stereocenters. The zero-order valence-corrected chi connectivity index (χ0v) is 18.7. The van der Waals surface area contributed by atoms with Crippen LogP contribution in [-0.2, 0) is 10.0 Å². The van der Waals surface area contributed by atoms with Gasteiger partial charge in [-0.05, 0) is 55.5 Å². The lowest BCUT2D eigenvalue weighted by Gasteiger charge is -2.29. The van der Waals surface area contributed by atoms with Gasteiger partial charge >= 0.3 is 0 Å². The quantitative estimate of drug-likeness (QED) is 0.574. The van der Waals surface area contributed by atoms with Crippen LogP contribution < -0.4 is 5.32 Å². The summed E-state index contributed by atoms with van der Waals surface area (Å²) < 4.78 is 28.5. The van der Waals surface area contributed by atoms with Crippen molar-refractivity contribution in [3.63, 3.8) is 0 Å². The van der Waals surface area contributed by atoms with Crippen LogP contribution in [0.4, 0.5) is 5.13 Å². The largest absolute Gasteiger partial charge is 0.354 e. The molecule has 1 fully saturated rings. The summed E-state index contributed by atoms with van der Waals surface area (Å²) >= 11 is 1.50. The summed E-state index contributed by atoms with van der Waals surface area (Å²) in [5, 5.41) is 3.75. The first-order valence-electron chi connectivity index (χ1n) is 10.1. The van der Waals surface area contributed by atoms with E-state index in [2.05, 4.69) is 23.3 Å². The molecule has 0 atom stereocenters. The smallest absolute Gasteiger partial charge is 0.243 e. The van der Waals surface area contributed by atoms with Crippen molar-refractivity contribution in [1.29, 1.82) is 0 Å². The number of sulfonamides is 1. The third kappa shape index (κ3) is 4.40. The first-order valence-corrected chi connectivity index (χ1v) is 12.3. The fraction of sp³-hybridized carbons (Fsp3) is 0.364. The van der Waals surface area contributed by atoms with Gasteiger partial charge in [0.2, 0.25) is 10.0 Å². The molecule has 2 aromatic carbocycles. The van der Waals surface area contributed by atoms with Gasteiger partial charge in [0.05, 0.1) is 21.7 Å². The first-order chi connectivity index (χ1) is 14.3. The average molecular weight is 444 g/mol. The van der Waals surface area contributed by atoms with Crippen molar-refractivity contribution >= 4 is 42.5 Å². The summed E-state index contributed by atoms with van der Waals surface area (Å²) in [6.07, 6.45) is 1.73. The Morgan fingerprint density at radius 2 is 1.97 bits per heavy atom. The van der Waals surface area contributed by atoms with E-state index in [0.717, 1.165) is 28.6 Å². The minimum absolute atomic E-state index is 0.0591. The van der Waals surface area contributed by atoms with Crippen molar-refractivity contribution < 1.29 is 13.2 Å². The van der Waals surface area contributed by atoms with Crippen LogP contribution in [0.2, 0.25) is 0 Å². The molecule has 0 spiro atoms. The van der Waals surface area contributed by atoms with E-state index in [0.29, 0.717) is 29.7 Å². The molecule has 1 N–H and O–H groups in total. The van der Waals surface area contributed by atoms with E-state index in [1.54, 1.807) is 18.2 Å². The van der Waals surface area contributed by atoms with E-state index in [1.165, 1.54) is 21.7 Å². The molecule has 2 heterocycles. The number of nitrogens with one attached hydrogen (secondary N) is 1. The van der Waals surface area contributed by atoms with Gasteiger partial charge in [-0.15, -0.1) is 0 Å². The molecular weight excluding hydrogens is 418 g/mol. The number of aromatic nitrogens is 1. The van der Waals surface area contributed by atoms with Crippen LogP contribution in [0.15, 0.2) is 47.4 Å². The van der Waals surface area contributed by atoms with Gasteiger partial charge in [0.15, 0.2) is 10.9 Å².